The lowest BCUT2D eigenvalue weighted by Gasteiger charge is -2.24. The van der Waals surface area contributed by atoms with Crippen molar-refractivity contribution in [2.75, 3.05) is 11.5 Å². The number of aromatic nitrogens is 1. The van der Waals surface area contributed by atoms with Crippen molar-refractivity contribution in [3.05, 3.63) is 97.9 Å². The van der Waals surface area contributed by atoms with Gasteiger partial charge in [0.25, 0.3) is 5.91 Å². The van der Waals surface area contributed by atoms with E-state index >= 15 is 0 Å². The first-order valence-electron chi connectivity index (χ1n) is 10.7. The van der Waals surface area contributed by atoms with Gasteiger partial charge in [-0.25, -0.2) is 4.98 Å². The van der Waals surface area contributed by atoms with E-state index in [4.69, 9.17) is 9.15 Å². The number of anilines is 1. The molecule has 0 spiro atoms. The molecule has 0 radical (unpaired) electrons. The second kappa shape index (κ2) is 8.48. The van der Waals surface area contributed by atoms with Crippen molar-refractivity contribution in [2.24, 2.45) is 0 Å². The maximum atomic E-state index is 13.7. The number of fused-ring (bicyclic) bond motifs is 2. The molecule has 3 heterocycles. The van der Waals surface area contributed by atoms with Crippen LogP contribution in [0.1, 0.15) is 46.6 Å². The number of benzene rings is 2. The van der Waals surface area contributed by atoms with Crippen molar-refractivity contribution in [3.8, 4) is 5.75 Å². The lowest BCUT2D eigenvalue weighted by Crippen LogP contribution is -2.30. The highest BCUT2D eigenvalue weighted by molar-refractivity contribution is 9.10. The van der Waals surface area contributed by atoms with Crippen LogP contribution >= 0.6 is 15.9 Å². The molecule has 1 aliphatic rings. The lowest BCUT2D eigenvalue weighted by atomic mass is 9.98. The number of nitrogens with zero attached hydrogens (tertiary/aromatic N) is 2. The van der Waals surface area contributed by atoms with E-state index in [1.165, 1.54) is 4.90 Å². The maximum absolute atomic E-state index is 13.7. The van der Waals surface area contributed by atoms with Crippen LogP contribution in [-0.2, 0) is 0 Å². The largest absolute Gasteiger partial charge is 0.494 e. The topological polar surface area (TPSA) is 72.6 Å². The molecule has 1 atom stereocenters. The number of hydrogen-bond acceptors (Lipinski definition) is 5. The molecule has 5 rings (SSSR count). The molecule has 2 aromatic carbocycles. The summed E-state index contributed by atoms with van der Waals surface area (Å²) in [5, 5.41) is 0.415. The van der Waals surface area contributed by atoms with Gasteiger partial charge in [-0.1, -0.05) is 41.1 Å². The average Bonchev–Trinajstić information content (AvgIpc) is 3.11. The molecule has 0 saturated carbocycles. The van der Waals surface area contributed by atoms with Crippen LogP contribution in [0.2, 0.25) is 0 Å². The van der Waals surface area contributed by atoms with Gasteiger partial charge < -0.3 is 9.15 Å². The van der Waals surface area contributed by atoms with Crippen LogP contribution in [0.4, 0.5) is 5.82 Å². The van der Waals surface area contributed by atoms with Gasteiger partial charge in [0.05, 0.1) is 23.6 Å². The SMILES string of the molecule is CCCOc1cccc(C2c3c(oc4ccc(Br)cc4c3=O)C(=O)N2c2ccc(C)cn2)c1. The van der Waals surface area contributed by atoms with Gasteiger partial charge in [0.15, 0.2) is 5.43 Å². The number of carbonyl (C=O) groups excluding carboxylic acids is 1. The standard InChI is InChI=1S/C26H21BrN2O4/c1-3-11-32-18-6-4-5-16(12-18)23-22-24(30)19-13-17(27)8-9-20(19)33-25(22)26(31)29(23)21-10-7-15(2)14-28-21/h4-10,12-14,23H,3,11H2,1-2H3. The molecule has 6 nitrogen and oxygen atoms in total. The average molecular weight is 505 g/mol. The molecular weight excluding hydrogens is 484 g/mol. The third kappa shape index (κ3) is 3.72. The Labute approximate surface area is 198 Å². The molecule has 0 N–H and O–H groups in total. The van der Waals surface area contributed by atoms with E-state index in [0.29, 0.717) is 34.7 Å². The van der Waals surface area contributed by atoms with Gasteiger partial charge in [-0.3, -0.25) is 14.5 Å². The first kappa shape index (κ1) is 21.4. The molecule has 4 aromatic rings. The van der Waals surface area contributed by atoms with Crippen molar-refractivity contribution in [3.63, 3.8) is 0 Å². The third-order valence-electron chi connectivity index (χ3n) is 5.62. The van der Waals surface area contributed by atoms with Gasteiger partial charge >= 0.3 is 0 Å². The van der Waals surface area contributed by atoms with E-state index < -0.39 is 11.9 Å². The van der Waals surface area contributed by atoms with Crippen LogP contribution in [-0.4, -0.2) is 17.5 Å². The Kier molecular flexibility index (Phi) is 5.50. The summed E-state index contributed by atoms with van der Waals surface area (Å²) in [5.74, 6) is 0.779. The second-order valence-electron chi connectivity index (χ2n) is 8.01. The predicted molar refractivity (Wildman–Crippen MR) is 130 cm³/mol. The van der Waals surface area contributed by atoms with E-state index in [2.05, 4.69) is 20.9 Å². The quantitative estimate of drug-likeness (QED) is 0.343. The zero-order valence-electron chi connectivity index (χ0n) is 18.2. The Bertz CT molecular complexity index is 1430. The molecule has 1 amide bonds. The number of hydrogen-bond donors (Lipinski definition) is 0. The monoisotopic (exact) mass is 504 g/mol. The summed E-state index contributed by atoms with van der Waals surface area (Å²) in [7, 11) is 0. The summed E-state index contributed by atoms with van der Waals surface area (Å²) in [6.45, 7) is 4.54. The molecule has 0 saturated heterocycles. The highest BCUT2D eigenvalue weighted by Crippen LogP contribution is 2.41. The highest BCUT2D eigenvalue weighted by atomic mass is 79.9. The molecular formula is C26H21BrN2O4. The molecule has 0 bridgehead atoms. The summed E-state index contributed by atoms with van der Waals surface area (Å²) in [4.78, 5) is 33.3. The van der Waals surface area contributed by atoms with Gasteiger partial charge in [-0.15, -0.1) is 0 Å². The minimum atomic E-state index is -0.687. The fraction of sp³-hybridized carbons (Fsp3) is 0.192. The van der Waals surface area contributed by atoms with Crippen LogP contribution < -0.4 is 15.1 Å². The van der Waals surface area contributed by atoms with Crippen LogP contribution in [0, 0.1) is 6.92 Å². The van der Waals surface area contributed by atoms with E-state index in [1.807, 2.05) is 44.2 Å². The van der Waals surface area contributed by atoms with Crippen molar-refractivity contribution < 1.29 is 13.9 Å². The van der Waals surface area contributed by atoms with Gasteiger partial charge in [-0.05, 0) is 60.9 Å². The highest BCUT2D eigenvalue weighted by Gasteiger charge is 2.44. The lowest BCUT2D eigenvalue weighted by molar-refractivity contribution is 0.0970. The fourth-order valence-electron chi connectivity index (χ4n) is 4.09. The second-order valence-corrected chi connectivity index (χ2v) is 8.92. The smallest absolute Gasteiger partial charge is 0.296 e. The fourth-order valence-corrected chi connectivity index (χ4v) is 4.45. The van der Waals surface area contributed by atoms with Crippen molar-refractivity contribution in [1.29, 1.82) is 0 Å². The zero-order valence-corrected chi connectivity index (χ0v) is 19.8. The molecule has 33 heavy (non-hydrogen) atoms. The van der Waals surface area contributed by atoms with Crippen LogP contribution in [0.5, 0.6) is 5.75 Å². The number of amides is 1. The van der Waals surface area contributed by atoms with Gasteiger partial charge in [-0.2, -0.15) is 0 Å². The first-order chi connectivity index (χ1) is 16.0. The minimum Gasteiger partial charge on any atom is -0.494 e. The van der Waals surface area contributed by atoms with E-state index in [-0.39, 0.29) is 11.2 Å². The number of ether oxygens (including phenoxy) is 1. The maximum Gasteiger partial charge on any atom is 0.296 e. The third-order valence-corrected chi connectivity index (χ3v) is 6.11. The first-order valence-corrected chi connectivity index (χ1v) is 11.5. The Morgan fingerprint density at radius 3 is 2.73 bits per heavy atom. The summed E-state index contributed by atoms with van der Waals surface area (Å²) in [6.07, 6.45) is 2.57. The molecule has 166 valence electrons. The Morgan fingerprint density at radius 1 is 1.12 bits per heavy atom. The minimum absolute atomic E-state index is 0.0436. The Hall–Kier alpha value is -3.45. The Balaban J connectivity index is 1.76. The Morgan fingerprint density at radius 2 is 1.97 bits per heavy atom. The van der Waals surface area contributed by atoms with Crippen molar-refractivity contribution in [2.45, 2.75) is 26.3 Å². The molecule has 0 fully saturated rings. The number of carbonyl (C=O) groups is 1. The van der Waals surface area contributed by atoms with E-state index in [9.17, 15) is 9.59 Å². The summed E-state index contributed by atoms with van der Waals surface area (Å²) < 4.78 is 12.6. The molecule has 1 unspecified atom stereocenters. The normalized spacial score (nSPS) is 15.2. The van der Waals surface area contributed by atoms with Gasteiger partial charge in [0.2, 0.25) is 5.76 Å². The van der Waals surface area contributed by atoms with Crippen LogP contribution in [0.15, 0.2) is 74.5 Å². The van der Waals surface area contributed by atoms with Gasteiger partial charge in [0, 0.05) is 10.7 Å². The number of rotatable bonds is 5. The molecule has 7 heteroatoms. The summed E-state index contributed by atoms with van der Waals surface area (Å²) >= 11 is 3.42. The summed E-state index contributed by atoms with van der Waals surface area (Å²) in [6, 6.07) is 15.7. The zero-order chi connectivity index (χ0) is 23.1. The molecule has 2 aromatic heterocycles. The number of halogens is 1. The molecule has 0 aliphatic carbocycles. The number of pyridine rings is 1. The van der Waals surface area contributed by atoms with Gasteiger partial charge in [0.1, 0.15) is 17.2 Å². The van der Waals surface area contributed by atoms with Crippen LogP contribution in [0.3, 0.4) is 0 Å². The van der Waals surface area contributed by atoms with E-state index in [0.717, 1.165) is 22.0 Å². The summed E-state index contributed by atoms with van der Waals surface area (Å²) in [5.41, 5.74) is 2.16. The van der Waals surface area contributed by atoms with Crippen molar-refractivity contribution >= 4 is 38.6 Å². The van der Waals surface area contributed by atoms with Crippen LogP contribution in [0.25, 0.3) is 11.0 Å². The predicted octanol–water partition coefficient (Wildman–Crippen LogP) is 5.80. The molecule has 1 aliphatic heterocycles. The number of aryl methyl sites for hydroxylation is 1. The van der Waals surface area contributed by atoms with Crippen molar-refractivity contribution in [1.82, 2.24) is 4.98 Å². The van der Waals surface area contributed by atoms with E-state index in [1.54, 1.807) is 30.5 Å².